The maximum atomic E-state index is 13.4. The van der Waals surface area contributed by atoms with Gasteiger partial charge >= 0.3 is 19.5 Å². The zero-order valence-corrected chi connectivity index (χ0v) is 11.8. The molecule has 0 aliphatic heterocycles. The average Bonchev–Trinajstić information content (AvgIpc) is 2.27. The molecule has 1 saturated carbocycles. The van der Waals surface area contributed by atoms with Crippen molar-refractivity contribution < 1.29 is 37.8 Å². The van der Waals surface area contributed by atoms with E-state index in [1.165, 1.54) is 25.3 Å². The zero-order chi connectivity index (χ0) is 12.6. The van der Waals surface area contributed by atoms with Crippen LogP contribution >= 0.6 is 0 Å². The topological polar surface area (TPSA) is 26.3 Å². The van der Waals surface area contributed by atoms with Crippen molar-refractivity contribution in [2.24, 2.45) is 5.92 Å². The minimum atomic E-state index is -2.68. The van der Waals surface area contributed by atoms with Gasteiger partial charge in [-0.25, -0.2) is 8.78 Å². The Bertz CT molecular complexity index is 448. The quantitative estimate of drug-likeness (QED) is 0.470. The first-order valence-electron chi connectivity index (χ1n) is 5.43. The van der Waals surface area contributed by atoms with Gasteiger partial charge in [0.05, 0.1) is 7.11 Å². The fraction of sp³-hybridized carbons (Fsp3) is 0.462. The Balaban J connectivity index is 0.00000162. The monoisotopic (exact) mass is 341 g/mol. The summed E-state index contributed by atoms with van der Waals surface area (Å²) in [5.74, 6) is -4.10. The molecule has 18 heavy (non-hydrogen) atoms. The normalized spacial score (nSPS) is 24.7. The molecule has 2 nitrogen and oxygen atoms in total. The van der Waals surface area contributed by atoms with Crippen LogP contribution in [0.4, 0.5) is 8.78 Å². The van der Waals surface area contributed by atoms with Gasteiger partial charge in [0.2, 0.25) is 5.92 Å². The molecule has 0 heterocycles. The number of carbonyl (C=O) groups is 1. The molecule has 0 saturated heterocycles. The third-order valence-corrected chi connectivity index (χ3v) is 3.21. The maximum absolute atomic E-state index is 13.4. The van der Waals surface area contributed by atoms with E-state index in [4.69, 9.17) is 0 Å². The number of carbonyl (C=O) groups excluding carboxylic acids is 1. The second-order valence-corrected chi connectivity index (χ2v) is 4.47. The van der Waals surface area contributed by atoms with E-state index in [0.29, 0.717) is 5.56 Å². The number of alkyl halides is 2. The van der Waals surface area contributed by atoms with Crippen molar-refractivity contribution in [2.45, 2.75) is 25.2 Å². The Morgan fingerprint density at radius 1 is 1.50 bits per heavy atom. The molecule has 1 aliphatic carbocycles. The van der Waals surface area contributed by atoms with E-state index in [9.17, 15) is 13.6 Å². The molecule has 1 fully saturated rings. The molecule has 1 aromatic carbocycles. The molecular formula is C13H13F2O2Ru. The molecule has 0 N–H and O–H groups in total. The van der Waals surface area contributed by atoms with Crippen LogP contribution in [0.1, 0.15) is 35.2 Å². The molecule has 1 aliphatic rings. The molecule has 1 radical (unpaired) electrons. The van der Waals surface area contributed by atoms with Crippen LogP contribution in [0.5, 0.6) is 0 Å². The summed E-state index contributed by atoms with van der Waals surface area (Å²) in [5, 5.41) is 0. The third-order valence-electron chi connectivity index (χ3n) is 3.21. The summed E-state index contributed by atoms with van der Waals surface area (Å²) in [6, 6.07) is 7.14. The van der Waals surface area contributed by atoms with Crippen LogP contribution in [0, 0.1) is 12.0 Å². The average molecular weight is 340 g/mol. The molecule has 0 spiro atoms. The first-order chi connectivity index (χ1) is 7.95. The number of rotatable bonds is 2. The summed E-state index contributed by atoms with van der Waals surface area (Å²) in [5.41, 5.74) is 0.719. The first-order valence-corrected chi connectivity index (χ1v) is 5.43. The first kappa shape index (κ1) is 15.2. The molecule has 99 valence electrons. The van der Waals surface area contributed by atoms with Gasteiger partial charge in [-0.3, -0.25) is 4.79 Å². The van der Waals surface area contributed by atoms with E-state index in [0.717, 1.165) is 0 Å². The van der Waals surface area contributed by atoms with Crippen molar-refractivity contribution in [3.8, 4) is 0 Å². The summed E-state index contributed by atoms with van der Waals surface area (Å²) in [4.78, 5) is 11.3. The minimum Gasteiger partial charge on any atom is -0.475 e. The van der Waals surface area contributed by atoms with Gasteiger partial charge in [-0.1, -0.05) is 12.5 Å². The number of benzene rings is 1. The Morgan fingerprint density at radius 2 is 2.17 bits per heavy atom. The van der Waals surface area contributed by atoms with Gasteiger partial charge < -0.3 is 4.74 Å². The summed E-state index contributed by atoms with van der Waals surface area (Å²) < 4.78 is 31.4. The smallest absolute Gasteiger partial charge is 0.475 e. The van der Waals surface area contributed by atoms with Gasteiger partial charge in [0.25, 0.3) is 5.97 Å². The van der Waals surface area contributed by atoms with Crippen molar-refractivity contribution in [3.63, 3.8) is 0 Å². The molecule has 0 bridgehead atoms. The molecule has 2 rings (SSSR count). The van der Waals surface area contributed by atoms with Crippen molar-refractivity contribution >= 4 is 5.97 Å². The van der Waals surface area contributed by atoms with Crippen LogP contribution in [0.15, 0.2) is 18.2 Å². The van der Waals surface area contributed by atoms with E-state index < -0.39 is 17.8 Å². The predicted molar refractivity (Wildman–Crippen MR) is 58.1 cm³/mol. The van der Waals surface area contributed by atoms with Gasteiger partial charge in [0.1, 0.15) is 0 Å². The van der Waals surface area contributed by atoms with Crippen LogP contribution < -0.4 is 0 Å². The van der Waals surface area contributed by atoms with Gasteiger partial charge in [0.15, 0.2) is 0 Å². The number of esters is 1. The number of ether oxygens (including phenoxy) is 1. The van der Waals surface area contributed by atoms with Crippen LogP contribution in [0.2, 0.25) is 0 Å². The summed E-state index contributed by atoms with van der Waals surface area (Å²) in [7, 11) is 1.26. The second kappa shape index (κ2) is 5.44. The van der Waals surface area contributed by atoms with E-state index >= 15 is 0 Å². The van der Waals surface area contributed by atoms with E-state index in [-0.39, 0.29) is 37.4 Å². The fourth-order valence-electron chi connectivity index (χ4n) is 2.41. The number of hydrogen-bond acceptors (Lipinski definition) is 2. The van der Waals surface area contributed by atoms with Crippen LogP contribution in [-0.2, 0) is 24.2 Å². The second-order valence-electron chi connectivity index (χ2n) is 4.47. The number of halogens is 2. The van der Waals surface area contributed by atoms with Crippen LogP contribution in [0.25, 0.3) is 0 Å². The van der Waals surface area contributed by atoms with E-state index in [1.807, 2.05) is 0 Å². The molecule has 1 aromatic rings. The fourth-order valence-corrected chi connectivity index (χ4v) is 2.41. The third kappa shape index (κ3) is 2.61. The Kier molecular flexibility index (Phi) is 4.60. The van der Waals surface area contributed by atoms with Gasteiger partial charge in [-0.05, 0) is 5.92 Å². The molecule has 2 atom stereocenters. The van der Waals surface area contributed by atoms with Gasteiger partial charge in [-0.15, -0.1) is 5.56 Å². The Labute approximate surface area is 117 Å². The Morgan fingerprint density at radius 3 is 2.67 bits per heavy atom. The zero-order valence-electron chi connectivity index (χ0n) is 10.0. The van der Waals surface area contributed by atoms with Gasteiger partial charge in [-0.2, -0.15) is 24.3 Å². The molecule has 2 unspecified atom stereocenters. The van der Waals surface area contributed by atoms with Crippen molar-refractivity contribution in [1.82, 2.24) is 0 Å². The van der Waals surface area contributed by atoms with E-state index in [1.54, 1.807) is 6.92 Å². The van der Waals surface area contributed by atoms with Crippen molar-refractivity contribution in [2.75, 3.05) is 7.11 Å². The van der Waals surface area contributed by atoms with Crippen LogP contribution in [-0.4, -0.2) is 19.0 Å². The SMILES string of the molecule is COC(=O)c1c[c-]cc(C2C(C)CC2(F)F)c1.[Ru+]. The standard InChI is InChI=1S/C13H13F2O2.Ru/c1-8-7-13(14,15)11(8)9-4-3-5-10(6-9)12(16)17-2;/h4-6,8,11H,7H2,1-2H3;/q-1;+1. The van der Waals surface area contributed by atoms with E-state index in [2.05, 4.69) is 10.8 Å². The predicted octanol–water partition coefficient (Wildman–Crippen LogP) is 3.03. The summed E-state index contributed by atoms with van der Waals surface area (Å²) in [6.07, 6.45) is -0.0971. The Hall–Kier alpha value is -0.827. The minimum absolute atomic E-state index is 0. The number of hydrogen-bond donors (Lipinski definition) is 0. The molecule has 5 heteroatoms. The summed E-state index contributed by atoms with van der Waals surface area (Å²) >= 11 is 0. The molecule has 0 amide bonds. The summed E-state index contributed by atoms with van der Waals surface area (Å²) in [6.45, 7) is 1.78. The van der Waals surface area contributed by atoms with Crippen LogP contribution in [0.3, 0.4) is 0 Å². The molecule has 0 aromatic heterocycles. The largest absolute Gasteiger partial charge is 1.00 e. The van der Waals surface area contributed by atoms with Gasteiger partial charge in [0, 0.05) is 12.3 Å². The van der Waals surface area contributed by atoms with Crippen molar-refractivity contribution in [3.05, 3.63) is 35.4 Å². The van der Waals surface area contributed by atoms with Crippen molar-refractivity contribution in [1.29, 1.82) is 0 Å². The maximum Gasteiger partial charge on any atom is 1.00 e. The number of methoxy groups -OCH3 is 1. The molecular weight excluding hydrogens is 327 g/mol.